The number of rotatable bonds is 3. The van der Waals surface area contributed by atoms with Crippen LogP contribution in [0.1, 0.15) is 36.5 Å². The molecular formula is C18H22N2O3. The van der Waals surface area contributed by atoms with E-state index in [4.69, 9.17) is 4.74 Å². The van der Waals surface area contributed by atoms with Gasteiger partial charge in [-0.3, -0.25) is 4.79 Å². The summed E-state index contributed by atoms with van der Waals surface area (Å²) in [6.07, 6.45) is 3.34. The molecule has 5 nitrogen and oxygen atoms in total. The second kappa shape index (κ2) is 6.44. The first-order valence-corrected chi connectivity index (χ1v) is 8.19. The van der Waals surface area contributed by atoms with Gasteiger partial charge in [0.15, 0.2) is 0 Å². The average Bonchev–Trinajstić information content (AvgIpc) is 2.58. The Morgan fingerprint density at radius 3 is 2.57 bits per heavy atom. The highest BCUT2D eigenvalue weighted by Gasteiger charge is 2.26. The molecule has 2 heterocycles. The lowest BCUT2D eigenvalue weighted by atomic mass is 10.0. The van der Waals surface area contributed by atoms with Crippen LogP contribution in [0.15, 0.2) is 29.1 Å². The number of pyridine rings is 1. The van der Waals surface area contributed by atoms with Crippen LogP contribution in [-0.2, 0) is 11.8 Å². The molecule has 0 amide bonds. The van der Waals surface area contributed by atoms with Gasteiger partial charge in [0.2, 0.25) is 0 Å². The van der Waals surface area contributed by atoms with Crippen LogP contribution in [0.4, 0.5) is 5.69 Å². The summed E-state index contributed by atoms with van der Waals surface area (Å²) in [5, 5.41) is 0.930. The molecule has 0 radical (unpaired) electrons. The Balaban J connectivity index is 2.31. The number of ether oxygens (including phenoxy) is 1. The minimum atomic E-state index is -0.528. The topological polar surface area (TPSA) is 51.5 Å². The summed E-state index contributed by atoms with van der Waals surface area (Å²) in [5.74, 6) is -0.528. The molecule has 1 saturated heterocycles. The smallest absolute Gasteiger partial charge is 0.345 e. The van der Waals surface area contributed by atoms with Crippen molar-refractivity contribution >= 4 is 22.6 Å². The number of piperidine rings is 1. The fourth-order valence-corrected chi connectivity index (χ4v) is 3.31. The maximum Gasteiger partial charge on any atom is 0.345 e. The highest BCUT2D eigenvalue weighted by Crippen LogP contribution is 2.31. The zero-order chi connectivity index (χ0) is 16.4. The van der Waals surface area contributed by atoms with Crippen LogP contribution < -0.4 is 10.5 Å². The van der Waals surface area contributed by atoms with Crippen molar-refractivity contribution in [2.75, 3.05) is 24.6 Å². The Labute approximate surface area is 135 Å². The van der Waals surface area contributed by atoms with Crippen molar-refractivity contribution in [3.05, 3.63) is 40.2 Å². The molecule has 1 aromatic heterocycles. The number of aromatic nitrogens is 1. The molecule has 0 saturated carbocycles. The van der Waals surface area contributed by atoms with Gasteiger partial charge in [-0.05, 0) is 32.3 Å². The molecule has 1 fully saturated rings. The van der Waals surface area contributed by atoms with Crippen LogP contribution in [-0.4, -0.2) is 30.2 Å². The first-order valence-electron chi connectivity index (χ1n) is 8.19. The van der Waals surface area contributed by atoms with Gasteiger partial charge in [-0.1, -0.05) is 18.2 Å². The molecule has 0 spiro atoms. The predicted octanol–water partition coefficient (Wildman–Crippen LogP) is 2.71. The molecule has 0 bridgehead atoms. The molecular weight excluding hydrogens is 292 g/mol. The lowest BCUT2D eigenvalue weighted by Gasteiger charge is -2.31. The van der Waals surface area contributed by atoms with E-state index in [-0.39, 0.29) is 17.7 Å². The number of hydrogen-bond acceptors (Lipinski definition) is 4. The van der Waals surface area contributed by atoms with Crippen LogP contribution in [0, 0.1) is 0 Å². The minimum absolute atomic E-state index is 0.162. The number of benzene rings is 1. The number of aryl methyl sites for hydroxylation is 1. The molecule has 0 atom stereocenters. The fourth-order valence-electron chi connectivity index (χ4n) is 3.31. The predicted molar refractivity (Wildman–Crippen MR) is 91.2 cm³/mol. The van der Waals surface area contributed by atoms with Gasteiger partial charge in [-0.25, -0.2) is 4.79 Å². The van der Waals surface area contributed by atoms with Gasteiger partial charge in [-0.2, -0.15) is 0 Å². The van der Waals surface area contributed by atoms with Crippen molar-refractivity contribution in [1.29, 1.82) is 0 Å². The molecule has 23 heavy (non-hydrogen) atoms. The standard InChI is InChI=1S/C18H22N2O3/c1-3-23-18(22)15-16(20-11-7-4-8-12-20)13-9-5-6-10-14(13)19(2)17(15)21/h5-6,9-10H,3-4,7-8,11-12H2,1-2H3. The second-order valence-electron chi connectivity index (χ2n) is 5.87. The van der Waals surface area contributed by atoms with E-state index in [1.165, 1.54) is 11.0 Å². The van der Waals surface area contributed by atoms with Gasteiger partial charge in [0, 0.05) is 25.5 Å². The number of anilines is 1. The van der Waals surface area contributed by atoms with E-state index >= 15 is 0 Å². The van der Waals surface area contributed by atoms with Crippen molar-refractivity contribution in [2.24, 2.45) is 7.05 Å². The largest absolute Gasteiger partial charge is 0.462 e. The zero-order valence-corrected chi connectivity index (χ0v) is 13.7. The average molecular weight is 314 g/mol. The summed E-state index contributed by atoms with van der Waals surface area (Å²) in [7, 11) is 1.70. The summed E-state index contributed by atoms with van der Waals surface area (Å²) >= 11 is 0. The normalized spacial score (nSPS) is 15.0. The molecule has 2 aromatic rings. The number of carbonyl (C=O) groups excluding carboxylic acids is 1. The second-order valence-corrected chi connectivity index (χ2v) is 5.87. The Morgan fingerprint density at radius 2 is 1.87 bits per heavy atom. The molecule has 122 valence electrons. The first-order chi connectivity index (χ1) is 11.1. The third-order valence-electron chi connectivity index (χ3n) is 4.43. The number of carbonyl (C=O) groups is 1. The lowest BCUT2D eigenvalue weighted by molar-refractivity contribution is 0.0524. The van der Waals surface area contributed by atoms with Crippen LogP contribution >= 0.6 is 0 Å². The summed E-state index contributed by atoms with van der Waals surface area (Å²) in [6.45, 7) is 3.74. The van der Waals surface area contributed by atoms with Gasteiger partial charge in [-0.15, -0.1) is 0 Å². The number of esters is 1. The molecule has 1 aliphatic rings. The number of para-hydroxylation sites is 1. The number of hydrogen-bond donors (Lipinski definition) is 0. The third-order valence-corrected chi connectivity index (χ3v) is 4.43. The monoisotopic (exact) mass is 314 g/mol. The van der Waals surface area contributed by atoms with E-state index in [0.29, 0.717) is 0 Å². The van der Waals surface area contributed by atoms with Crippen LogP contribution in [0.3, 0.4) is 0 Å². The van der Waals surface area contributed by atoms with E-state index < -0.39 is 5.97 Å². The zero-order valence-electron chi connectivity index (χ0n) is 13.7. The SMILES string of the molecule is CCOC(=O)c1c(N2CCCCC2)c2ccccc2n(C)c1=O. The third kappa shape index (κ3) is 2.71. The molecule has 0 aliphatic carbocycles. The maximum atomic E-state index is 12.8. The number of fused-ring (bicyclic) bond motifs is 1. The van der Waals surface area contributed by atoms with Gasteiger partial charge in [0.05, 0.1) is 17.8 Å². The Hall–Kier alpha value is -2.30. The molecule has 1 aliphatic heterocycles. The molecule has 1 aromatic carbocycles. The van der Waals surface area contributed by atoms with Crippen molar-refractivity contribution in [1.82, 2.24) is 4.57 Å². The summed E-state index contributed by atoms with van der Waals surface area (Å²) < 4.78 is 6.70. The first kappa shape index (κ1) is 15.6. The summed E-state index contributed by atoms with van der Waals surface area (Å²) in [4.78, 5) is 27.4. The van der Waals surface area contributed by atoms with E-state index in [2.05, 4.69) is 4.90 Å². The highest BCUT2D eigenvalue weighted by molar-refractivity contribution is 6.05. The minimum Gasteiger partial charge on any atom is -0.462 e. The molecule has 3 rings (SSSR count). The van der Waals surface area contributed by atoms with Crippen molar-refractivity contribution in [3.63, 3.8) is 0 Å². The van der Waals surface area contributed by atoms with Crippen molar-refractivity contribution in [2.45, 2.75) is 26.2 Å². The van der Waals surface area contributed by atoms with E-state index in [9.17, 15) is 9.59 Å². The van der Waals surface area contributed by atoms with Crippen LogP contribution in [0.25, 0.3) is 10.9 Å². The maximum absolute atomic E-state index is 12.8. The Kier molecular flexibility index (Phi) is 4.37. The van der Waals surface area contributed by atoms with E-state index in [1.54, 1.807) is 14.0 Å². The van der Waals surface area contributed by atoms with Gasteiger partial charge in [0.1, 0.15) is 5.56 Å². The summed E-state index contributed by atoms with van der Waals surface area (Å²) in [5.41, 5.74) is 1.45. The van der Waals surface area contributed by atoms with Crippen LogP contribution in [0.5, 0.6) is 0 Å². The Bertz CT molecular complexity index is 789. The van der Waals surface area contributed by atoms with E-state index in [0.717, 1.165) is 42.5 Å². The van der Waals surface area contributed by atoms with E-state index in [1.807, 2.05) is 24.3 Å². The van der Waals surface area contributed by atoms with Crippen molar-refractivity contribution < 1.29 is 9.53 Å². The van der Waals surface area contributed by atoms with Crippen molar-refractivity contribution in [3.8, 4) is 0 Å². The van der Waals surface area contributed by atoms with Gasteiger partial charge >= 0.3 is 5.97 Å². The fraction of sp³-hybridized carbons (Fsp3) is 0.444. The summed E-state index contributed by atoms with van der Waals surface area (Å²) in [6, 6.07) is 7.74. The molecule has 5 heteroatoms. The lowest BCUT2D eigenvalue weighted by Crippen LogP contribution is -2.35. The quantitative estimate of drug-likeness (QED) is 0.817. The van der Waals surface area contributed by atoms with Gasteiger partial charge < -0.3 is 14.2 Å². The van der Waals surface area contributed by atoms with Crippen LogP contribution in [0.2, 0.25) is 0 Å². The Morgan fingerprint density at radius 1 is 1.17 bits per heavy atom. The highest BCUT2D eigenvalue weighted by atomic mass is 16.5. The molecule has 0 N–H and O–H groups in total. The molecule has 0 unspecified atom stereocenters. The number of nitrogens with zero attached hydrogens (tertiary/aromatic N) is 2. The van der Waals surface area contributed by atoms with Gasteiger partial charge in [0.25, 0.3) is 5.56 Å².